The lowest BCUT2D eigenvalue weighted by atomic mass is 10.4. The number of ether oxygens (including phenoxy) is 2. The average molecular weight is 196 g/mol. The Hall–Kier alpha value is -1.78. The summed E-state index contributed by atoms with van der Waals surface area (Å²) in [6.07, 6.45) is 4.58. The SMILES string of the molecule is C/C(N)=C/C(=O)OCCOC1=NC=C1. The van der Waals surface area contributed by atoms with Crippen molar-refractivity contribution in [2.75, 3.05) is 13.2 Å². The molecule has 5 nitrogen and oxygen atoms in total. The highest BCUT2D eigenvalue weighted by molar-refractivity contribution is 5.92. The smallest absolute Gasteiger partial charge is 0.332 e. The third-order valence-electron chi connectivity index (χ3n) is 1.34. The van der Waals surface area contributed by atoms with Crippen molar-refractivity contribution in [3.8, 4) is 0 Å². The van der Waals surface area contributed by atoms with E-state index in [9.17, 15) is 4.79 Å². The molecule has 14 heavy (non-hydrogen) atoms. The first-order valence-corrected chi connectivity index (χ1v) is 4.16. The Balaban J connectivity index is 2.03. The van der Waals surface area contributed by atoms with Crippen molar-refractivity contribution in [2.45, 2.75) is 6.92 Å². The van der Waals surface area contributed by atoms with Crippen molar-refractivity contribution < 1.29 is 14.3 Å². The monoisotopic (exact) mass is 196 g/mol. The molecule has 2 N–H and O–H groups in total. The molecule has 1 heterocycles. The van der Waals surface area contributed by atoms with E-state index in [0.717, 1.165) is 0 Å². The van der Waals surface area contributed by atoms with Crippen LogP contribution in [0.3, 0.4) is 0 Å². The Bertz CT molecular complexity index is 301. The lowest BCUT2D eigenvalue weighted by molar-refractivity contribution is -0.138. The van der Waals surface area contributed by atoms with Crippen molar-refractivity contribution in [3.05, 3.63) is 24.0 Å². The number of nitrogens with zero attached hydrogens (tertiary/aromatic N) is 1. The van der Waals surface area contributed by atoms with Gasteiger partial charge >= 0.3 is 5.97 Å². The molecule has 0 unspecified atom stereocenters. The zero-order valence-corrected chi connectivity index (χ0v) is 7.90. The number of allylic oxidation sites excluding steroid dienone is 1. The van der Waals surface area contributed by atoms with Gasteiger partial charge in [0.25, 0.3) is 0 Å². The van der Waals surface area contributed by atoms with Crippen LogP contribution >= 0.6 is 0 Å². The van der Waals surface area contributed by atoms with E-state index < -0.39 is 5.97 Å². The molecule has 0 aromatic heterocycles. The highest BCUT2D eigenvalue weighted by Gasteiger charge is 2.02. The van der Waals surface area contributed by atoms with E-state index in [1.165, 1.54) is 6.08 Å². The van der Waals surface area contributed by atoms with Gasteiger partial charge in [0.15, 0.2) is 0 Å². The molecule has 5 heteroatoms. The Labute approximate surface area is 81.9 Å². The standard InChI is InChI=1S/C9H12N2O3/c1-7(10)6-9(12)14-5-4-13-8-2-3-11-8/h2-3,6H,4-5,10H2,1H3/b7-6-. The third kappa shape index (κ3) is 3.75. The van der Waals surface area contributed by atoms with Crippen molar-refractivity contribution in [1.29, 1.82) is 0 Å². The van der Waals surface area contributed by atoms with Crippen LogP contribution in [0.4, 0.5) is 0 Å². The van der Waals surface area contributed by atoms with Crippen LogP contribution in [0.2, 0.25) is 0 Å². The molecule has 0 bridgehead atoms. The number of carbonyl (C=O) groups excluding carboxylic acids is 1. The molecule has 1 aliphatic heterocycles. The number of rotatable bonds is 4. The second-order valence-electron chi connectivity index (χ2n) is 2.69. The molecule has 0 fully saturated rings. The molecule has 0 saturated heterocycles. The van der Waals surface area contributed by atoms with Crippen LogP contribution in [0.15, 0.2) is 29.0 Å². The minimum Gasteiger partial charge on any atom is -0.474 e. The number of hydrogen-bond donors (Lipinski definition) is 1. The first-order chi connectivity index (χ1) is 6.68. The number of carbonyl (C=O) groups is 1. The van der Waals surface area contributed by atoms with Crippen LogP contribution in [0.5, 0.6) is 0 Å². The second kappa shape index (κ2) is 5.06. The molecule has 0 aliphatic carbocycles. The van der Waals surface area contributed by atoms with E-state index in [2.05, 4.69) is 4.99 Å². The van der Waals surface area contributed by atoms with E-state index in [-0.39, 0.29) is 6.61 Å². The lowest BCUT2D eigenvalue weighted by Crippen LogP contribution is -2.13. The van der Waals surface area contributed by atoms with Gasteiger partial charge in [-0.15, -0.1) is 0 Å². The Morgan fingerprint density at radius 2 is 2.36 bits per heavy atom. The summed E-state index contributed by atoms with van der Waals surface area (Å²) in [4.78, 5) is 14.7. The topological polar surface area (TPSA) is 73.9 Å². The van der Waals surface area contributed by atoms with Gasteiger partial charge in [-0.1, -0.05) is 0 Å². The fourth-order valence-electron chi connectivity index (χ4n) is 0.737. The molecule has 76 valence electrons. The normalized spacial score (nSPS) is 14.4. The molecule has 0 aromatic carbocycles. The lowest BCUT2D eigenvalue weighted by Gasteiger charge is -2.08. The molecular formula is C9H12N2O3. The van der Waals surface area contributed by atoms with Crippen LogP contribution in [0.25, 0.3) is 0 Å². The summed E-state index contributed by atoms with van der Waals surface area (Å²) < 4.78 is 9.84. The molecule has 0 spiro atoms. The largest absolute Gasteiger partial charge is 0.474 e. The molecule has 0 saturated carbocycles. The molecular weight excluding hydrogens is 184 g/mol. The maximum atomic E-state index is 10.9. The molecule has 0 atom stereocenters. The first kappa shape index (κ1) is 10.3. The predicted molar refractivity (Wildman–Crippen MR) is 51.4 cm³/mol. The number of nitrogens with two attached hydrogens (primary N) is 1. The first-order valence-electron chi connectivity index (χ1n) is 4.16. The molecule has 0 amide bonds. The van der Waals surface area contributed by atoms with Gasteiger partial charge in [-0.05, 0) is 6.92 Å². The van der Waals surface area contributed by atoms with Gasteiger partial charge < -0.3 is 15.2 Å². The zero-order chi connectivity index (χ0) is 10.4. The minimum atomic E-state index is -0.459. The maximum Gasteiger partial charge on any atom is 0.332 e. The second-order valence-corrected chi connectivity index (χ2v) is 2.69. The Kier molecular flexibility index (Phi) is 3.72. The van der Waals surface area contributed by atoms with Crippen LogP contribution in [-0.4, -0.2) is 25.1 Å². The predicted octanol–water partition coefficient (Wildman–Crippen LogP) is 0.335. The summed E-state index contributed by atoms with van der Waals surface area (Å²) in [6.45, 7) is 2.10. The summed E-state index contributed by atoms with van der Waals surface area (Å²) in [5.74, 6) is 0.103. The number of esters is 1. The molecule has 0 aromatic rings. The van der Waals surface area contributed by atoms with Gasteiger partial charge in [0.1, 0.15) is 13.2 Å². The van der Waals surface area contributed by atoms with Gasteiger partial charge in [-0.2, -0.15) is 0 Å². The molecule has 1 aliphatic rings. The summed E-state index contributed by atoms with van der Waals surface area (Å²) in [5, 5.41) is 0. The van der Waals surface area contributed by atoms with Gasteiger partial charge in [0, 0.05) is 24.0 Å². The zero-order valence-electron chi connectivity index (χ0n) is 7.90. The minimum absolute atomic E-state index is 0.190. The van der Waals surface area contributed by atoms with Crippen molar-refractivity contribution in [1.82, 2.24) is 0 Å². The van der Waals surface area contributed by atoms with E-state index in [1.807, 2.05) is 0 Å². The fourth-order valence-corrected chi connectivity index (χ4v) is 0.737. The van der Waals surface area contributed by atoms with Gasteiger partial charge in [0.2, 0.25) is 5.90 Å². The van der Waals surface area contributed by atoms with Crippen LogP contribution < -0.4 is 5.73 Å². The van der Waals surface area contributed by atoms with Crippen LogP contribution in [0.1, 0.15) is 6.92 Å². The highest BCUT2D eigenvalue weighted by atomic mass is 16.6. The molecule has 1 rings (SSSR count). The van der Waals surface area contributed by atoms with E-state index in [0.29, 0.717) is 18.2 Å². The van der Waals surface area contributed by atoms with Crippen LogP contribution in [-0.2, 0) is 14.3 Å². The van der Waals surface area contributed by atoms with E-state index in [4.69, 9.17) is 15.2 Å². The summed E-state index contributed by atoms with van der Waals surface area (Å²) in [5.41, 5.74) is 5.70. The summed E-state index contributed by atoms with van der Waals surface area (Å²) in [6, 6.07) is 0. The highest BCUT2D eigenvalue weighted by Crippen LogP contribution is 1.97. The van der Waals surface area contributed by atoms with E-state index in [1.54, 1.807) is 19.2 Å². The number of aliphatic imine (C=N–C) groups is 1. The van der Waals surface area contributed by atoms with E-state index >= 15 is 0 Å². The van der Waals surface area contributed by atoms with Crippen molar-refractivity contribution >= 4 is 11.9 Å². The van der Waals surface area contributed by atoms with Gasteiger partial charge in [-0.25, -0.2) is 9.79 Å². The Morgan fingerprint density at radius 1 is 1.64 bits per heavy atom. The average Bonchev–Trinajstić information content (AvgIpc) is 1.99. The number of hydrogen-bond acceptors (Lipinski definition) is 5. The summed E-state index contributed by atoms with van der Waals surface area (Å²) in [7, 11) is 0. The maximum absolute atomic E-state index is 10.9. The fraction of sp³-hybridized carbons (Fsp3) is 0.333. The molecule has 0 radical (unpaired) electrons. The third-order valence-corrected chi connectivity index (χ3v) is 1.34. The van der Waals surface area contributed by atoms with Crippen molar-refractivity contribution in [2.24, 2.45) is 10.7 Å². The van der Waals surface area contributed by atoms with Gasteiger partial charge in [0.05, 0.1) is 0 Å². The Morgan fingerprint density at radius 3 is 2.86 bits per heavy atom. The quantitative estimate of drug-likeness (QED) is 0.399. The van der Waals surface area contributed by atoms with Crippen LogP contribution in [0, 0.1) is 0 Å². The van der Waals surface area contributed by atoms with Crippen molar-refractivity contribution in [3.63, 3.8) is 0 Å². The summed E-state index contributed by atoms with van der Waals surface area (Å²) >= 11 is 0. The van der Waals surface area contributed by atoms with Gasteiger partial charge in [-0.3, -0.25) is 0 Å².